The molecule has 2 atom stereocenters. The highest BCUT2D eigenvalue weighted by molar-refractivity contribution is 5.70. The van der Waals surface area contributed by atoms with Crippen LogP contribution in [0.4, 0.5) is 0 Å². The number of ether oxygens (including phenoxy) is 2. The summed E-state index contributed by atoms with van der Waals surface area (Å²) in [4.78, 5) is 24.0. The zero-order chi connectivity index (χ0) is 26.9. The van der Waals surface area contributed by atoms with Crippen LogP contribution >= 0.6 is 0 Å². The quantitative estimate of drug-likeness (QED) is 0.0928. The molecule has 5 nitrogen and oxygen atoms in total. The van der Waals surface area contributed by atoms with E-state index in [1.807, 2.05) is 0 Å². The van der Waals surface area contributed by atoms with Gasteiger partial charge < -0.3 is 14.6 Å². The standard InChI is InChI=1S/C31H60O5/c1-5-28(4)22-18-14-10-6-7-11-16-20-24-31(34)36-29(25-32)26-35-30(33)23-19-15-12-8-9-13-17-21-27(2)3/h27-29,32H,5-26H2,1-4H3/t28?,29-/m0/s1. The molecule has 1 unspecified atom stereocenters. The Balaban J connectivity index is 3.61. The monoisotopic (exact) mass is 512 g/mol. The second-order valence-electron chi connectivity index (χ2n) is 11.3. The molecule has 36 heavy (non-hydrogen) atoms. The van der Waals surface area contributed by atoms with Crippen LogP contribution in [0.5, 0.6) is 0 Å². The Bertz CT molecular complexity index is 505. The van der Waals surface area contributed by atoms with Crippen LogP contribution in [0.3, 0.4) is 0 Å². The highest BCUT2D eigenvalue weighted by atomic mass is 16.6. The maximum absolute atomic E-state index is 12.0. The number of unbranched alkanes of at least 4 members (excludes halogenated alkanes) is 13. The summed E-state index contributed by atoms with van der Waals surface area (Å²) >= 11 is 0. The van der Waals surface area contributed by atoms with Gasteiger partial charge in [0.25, 0.3) is 0 Å². The number of carbonyl (C=O) groups excluding carboxylic acids is 2. The van der Waals surface area contributed by atoms with Crippen molar-refractivity contribution in [3.8, 4) is 0 Å². The second-order valence-corrected chi connectivity index (χ2v) is 11.3. The van der Waals surface area contributed by atoms with Crippen molar-refractivity contribution in [3.63, 3.8) is 0 Å². The minimum atomic E-state index is -0.761. The highest BCUT2D eigenvalue weighted by Crippen LogP contribution is 2.16. The molecule has 0 radical (unpaired) electrons. The normalized spacial score (nSPS) is 13.1. The molecule has 0 saturated carbocycles. The van der Waals surface area contributed by atoms with Gasteiger partial charge in [0.1, 0.15) is 6.61 Å². The van der Waals surface area contributed by atoms with Crippen molar-refractivity contribution in [1.82, 2.24) is 0 Å². The van der Waals surface area contributed by atoms with E-state index in [0.29, 0.717) is 12.8 Å². The summed E-state index contributed by atoms with van der Waals surface area (Å²) in [6.45, 7) is 8.75. The number of rotatable bonds is 26. The smallest absolute Gasteiger partial charge is 0.306 e. The molecule has 0 aromatic heterocycles. The minimum absolute atomic E-state index is 0.0615. The second kappa shape index (κ2) is 25.5. The van der Waals surface area contributed by atoms with Crippen molar-refractivity contribution in [2.75, 3.05) is 13.2 Å². The molecule has 0 aromatic carbocycles. The molecule has 0 amide bonds. The predicted octanol–water partition coefficient (Wildman–Crippen LogP) is 8.55. The van der Waals surface area contributed by atoms with Gasteiger partial charge in [-0.25, -0.2) is 0 Å². The van der Waals surface area contributed by atoms with Crippen molar-refractivity contribution in [3.05, 3.63) is 0 Å². The zero-order valence-electron chi connectivity index (χ0n) is 24.4. The summed E-state index contributed by atoms with van der Waals surface area (Å²) in [5.41, 5.74) is 0. The van der Waals surface area contributed by atoms with Gasteiger partial charge in [-0.1, -0.05) is 130 Å². The molecule has 0 bridgehead atoms. The van der Waals surface area contributed by atoms with E-state index in [0.717, 1.165) is 50.4 Å². The fourth-order valence-electron chi connectivity index (χ4n) is 4.36. The van der Waals surface area contributed by atoms with Gasteiger partial charge in [0.15, 0.2) is 6.10 Å². The minimum Gasteiger partial charge on any atom is -0.462 e. The van der Waals surface area contributed by atoms with Gasteiger partial charge in [0.05, 0.1) is 6.61 Å². The first-order valence-corrected chi connectivity index (χ1v) is 15.3. The molecule has 0 aliphatic rings. The van der Waals surface area contributed by atoms with Crippen LogP contribution in [-0.4, -0.2) is 36.4 Å². The summed E-state index contributed by atoms with van der Waals surface area (Å²) in [5, 5.41) is 9.46. The predicted molar refractivity (Wildman–Crippen MR) is 150 cm³/mol. The zero-order valence-corrected chi connectivity index (χ0v) is 24.4. The summed E-state index contributed by atoms with van der Waals surface area (Å²) in [5.74, 6) is 1.06. The molecule has 1 N–H and O–H groups in total. The Morgan fingerprint density at radius 3 is 1.56 bits per heavy atom. The average molecular weight is 513 g/mol. The molecule has 0 rings (SSSR count). The number of aliphatic hydroxyl groups excluding tert-OH is 1. The van der Waals surface area contributed by atoms with Crippen molar-refractivity contribution in [1.29, 1.82) is 0 Å². The molecule has 214 valence electrons. The molecule has 0 saturated heterocycles. The van der Waals surface area contributed by atoms with Gasteiger partial charge in [-0.15, -0.1) is 0 Å². The number of carbonyl (C=O) groups is 2. The summed E-state index contributed by atoms with van der Waals surface area (Å²) in [7, 11) is 0. The van der Waals surface area contributed by atoms with Gasteiger partial charge in [0.2, 0.25) is 0 Å². The maximum atomic E-state index is 12.0. The first kappa shape index (κ1) is 34.9. The lowest BCUT2D eigenvalue weighted by Crippen LogP contribution is -2.28. The topological polar surface area (TPSA) is 72.8 Å². The fraction of sp³-hybridized carbons (Fsp3) is 0.935. The molecule has 0 heterocycles. The molecule has 0 spiro atoms. The van der Waals surface area contributed by atoms with Crippen LogP contribution in [0.15, 0.2) is 0 Å². The number of hydrogen-bond donors (Lipinski definition) is 1. The Kier molecular flexibility index (Phi) is 24.8. The van der Waals surface area contributed by atoms with Gasteiger partial charge in [-0.3, -0.25) is 9.59 Å². The van der Waals surface area contributed by atoms with Gasteiger partial charge in [-0.05, 0) is 24.7 Å². The van der Waals surface area contributed by atoms with E-state index < -0.39 is 6.10 Å². The first-order chi connectivity index (χ1) is 17.4. The molecular weight excluding hydrogens is 452 g/mol. The number of esters is 2. The Morgan fingerprint density at radius 2 is 1.08 bits per heavy atom. The Labute approximate surface area is 223 Å². The highest BCUT2D eigenvalue weighted by Gasteiger charge is 2.16. The molecule has 0 fully saturated rings. The van der Waals surface area contributed by atoms with Crippen molar-refractivity contribution in [2.45, 2.75) is 162 Å². The molecule has 0 aliphatic heterocycles. The Morgan fingerprint density at radius 1 is 0.639 bits per heavy atom. The summed E-state index contributed by atoms with van der Waals surface area (Å²) in [6, 6.07) is 0. The van der Waals surface area contributed by atoms with Gasteiger partial charge in [0, 0.05) is 12.8 Å². The average Bonchev–Trinajstić information content (AvgIpc) is 2.86. The molecule has 0 aliphatic carbocycles. The number of aliphatic hydroxyl groups is 1. The lowest BCUT2D eigenvalue weighted by atomic mass is 9.99. The van der Waals surface area contributed by atoms with Crippen LogP contribution < -0.4 is 0 Å². The summed E-state index contributed by atoms with van der Waals surface area (Å²) < 4.78 is 10.5. The largest absolute Gasteiger partial charge is 0.462 e. The first-order valence-electron chi connectivity index (χ1n) is 15.3. The van der Waals surface area contributed by atoms with Crippen LogP contribution in [0.25, 0.3) is 0 Å². The third-order valence-corrected chi connectivity index (χ3v) is 7.12. The van der Waals surface area contributed by atoms with Crippen molar-refractivity contribution in [2.24, 2.45) is 11.8 Å². The Hall–Kier alpha value is -1.10. The van der Waals surface area contributed by atoms with E-state index in [1.54, 1.807) is 0 Å². The molecule has 5 heteroatoms. The van der Waals surface area contributed by atoms with Gasteiger partial charge in [-0.2, -0.15) is 0 Å². The van der Waals surface area contributed by atoms with E-state index in [2.05, 4.69) is 27.7 Å². The van der Waals surface area contributed by atoms with E-state index in [4.69, 9.17) is 9.47 Å². The van der Waals surface area contributed by atoms with Crippen LogP contribution in [-0.2, 0) is 19.1 Å². The van der Waals surface area contributed by atoms with E-state index in [9.17, 15) is 14.7 Å². The van der Waals surface area contributed by atoms with Crippen molar-refractivity contribution >= 4 is 11.9 Å². The SMILES string of the molecule is CCC(C)CCCCCCCCCCC(=O)O[C@@H](CO)COC(=O)CCCCCCCCCC(C)C. The fourth-order valence-corrected chi connectivity index (χ4v) is 4.36. The van der Waals surface area contributed by atoms with Crippen LogP contribution in [0.2, 0.25) is 0 Å². The summed E-state index contributed by atoms with van der Waals surface area (Å²) in [6.07, 6.45) is 21.6. The lowest BCUT2D eigenvalue weighted by molar-refractivity contribution is -0.161. The third kappa shape index (κ3) is 24.6. The van der Waals surface area contributed by atoms with Crippen molar-refractivity contribution < 1.29 is 24.2 Å². The lowest BCUT2D eigenvalue weighted by Gasteiger charge is -2.15. The van der Waals surface area contributed by atoms with E-state index >= 15 is 0 Å². The van der Waals surface area contributed by atoms with Crippen LogP contribution in [0.1, 0.15) is 156 Å². The van der Waals surface area contributed by atoms with E-state index in [1.165, 1.54) is 77.0 Å². The van der Waals surface area contributed by atoms with Crippen LogP contribution in [0, 0.1) is 11.8 Å². The van der Waals surface area contributed by atoms with Gasteiger partial charge >= 0.3 is 11.9 Å². The molecular formula is C31H60O5. The maximum Gasteiger partial charge on any atom is 0.306 e. The number of hydrogen-bond acceptors (Lipinski definition) is 5. The third-order valence-electron chi connectivity index (χ3n) is 7.12. The van der Waals surface area contributed by atoms with E-state index in [-0.39, 0.29) is 25.2 Å². The molecule has 0 aromatic rings.